The van der Waals surface area contributed by atoms with Crippen LogP contribution >= 0.6 is 11.6 Å². The zero-order chi connectivity index (χ0) is 33.2. The number of benzene rings is 2. The summed E-state index contributed by atoms with van der Waals surface area (Å²) in [5.41, 5.74) is 11.1. The molecule has 0 amide bonds. The largest absolute Gasteiger partial charge is 0.372 e. The van der Waals surface area contributed by atoms with Gasteiger partial charge in [0.25, 0.3) is 0 Å². The quantitative estimate of drug-likeness (QED) is 0.180. The lowest BCUT2D eigenvalue weighted by molar-refractivity contribution is 0.136. The maximum absolute atomic E-state index is 6.61. The first-order valence-corrected chi connectivity index (χ1v) is 16.1. The van der Waals surface area contributed by atoms with Gasteiger partial charge in [-0.05, 0) is 74.9 Å². The van der Waals surface area contributed by atoms with Crippen LogP contribution in [-0.4, -0.2) is 46.6 Å². The van der Waals surface area contributed by atoms with E-state index in [2.05, 4.69) is 56.2 Å². The van der Waals surface area contributed by atoms with Gasteiger partial charge >= 0.3 is 0 Å². The Kier molecular flexibility index (Phi) is 8.63. The van der Waals surface area contributed by atoms with Gasteiger partial charge in [0.05, 0.1) is 22.8 Å². The molecule has 0 aliphatic heterocycles. The van der Waals surface area contributed by atoms with Gasteiger partial charge in [-0.1, -0.05) is 48.0 Å². The topological polar surface area (TPSA) is 102 Å². The van der Waals surface area contributed by atoms with E-state index in [4.69, 9.17) is 21.4 Å². The summed E-state index contributed by atoms with van der Waals surface area (Å²) in [5, 5.41) is 12.2. The molecule has 0 aliphatic carbocycles. The fraction of sp³-hybridized carbons (Fsp3) is 0.158. The molecule has 0 bridgehead atoms. The van der Waals surface area contributed by atoms with Crippen LogP contribution in [0.5, 0.6) is 0 Å². The Balaban J connectivity index is 0.000000152. The standard InChI is InChI=1S/C20H20N4O.C18H15ClN4/c1-13-18(14(2)24(23-13)15-8-5-4-6-9-15)19(25-3)17-12-22-20-16(17)10-7-11-21-20;1-12-16(10-13-11-21-18-15(13)8-5-9-20-18)17(19)23(22-12)14-6-3-2-4-7-14/h4-12,19H,1-3H3,(H,21,22);2-9,11H,10H2,1H3,(H,20,21). The number of nitrogens with one attached hydrogen (secondary N) is 2. The molecule has 240 valence electrons. The molecule has 6 aromatic heterocycles. The van der Waals surface area contributed by atoms with E-state index in [0.717, 1.165) is 73.6 Å². The van der Waals surface area contributed by atoms with Gasteiger partial charge < -0.3 is 14.7 Å². The lowest BCUT2D eigenvalue weighted by Crippen LogP contribution is -2.06. The highest BCUT2D eigenvalue weighted by Crippen LogP contribution is 2.35. The van der Waals surface area contributed by atoms with Gasteiger partial charge in [0, 0.05) is 71.5 Å². The van der Waals surface area contributed by atoms with Gasteiger partial charge in [0.15, 0.2) is 0 Å². The summed E-state index contributed by atoms with van der Waals surface area (Å²) in [6.45, 7) is 6.11. The Labute approximate surface area is 283 Å². The summed E-state index contributed by atoms with van der Waals surface area (Å²) in [5.74, 6) is 0. The SMILES string of the molecule is COC(c1c(C)nn(-c2ccccc2)c1C)c1c[nH]c2ncccc12.Cc1nn(-c2ccccc2)c(Cl)c1Cc1c[nH]c2ncccc12. The van der Waals surface area contributed by atoms with Gasteiger partial charge in [-0.3, -0.25) is 0 Å². The molecule has 0 saturated carbocycles. The lowest BCUT2D eigenvalue weighted by atomic mass is 9.99. The van der Waals surface area contributed by atoms with E-state index in [1.165, 1.54) is 5.56 Å². The molecule has 0 fully saturated rings. The minimum Gasteiger partial charge on any atom is -0.372 e. The molecule has 2 aromatic carbocycles. The van der Waals surface area contributed by atoms with Crippen molar-refractivity contribution in [2.75, 3.05) is 7.11 Å². The van der Waals surface area contributed by atoms with Crippen molar-refractivity contribution in [3.8, 4) is 11.4 Å². The third-order valence-electron chi connectivity index (χ3n) is 8.64. The maximum Gasteiger partial charge on any atom is 0.137 e. The maximum atomic E-state index is 6.61. The Bertz CT molecular complexity index is 2320. The summed E-state index contributed by atoms with van der Waals surface area (Å²) < 4.78 is 9.67. The fourth-order valence-corrected chi connectivity index (χ4v) is 6.61. The van der Waals surface area contributed by atoms with Crippen LogP contribution in [-0.2, 0) is 11.2 Å². The number of fused-ring (bicyclic) bond motifs is 2. The molecule has 8 aromatic rings. The molecular weight excluding hydrogens is 620 g/mol. The van der Waals surface area contributed by atoms with Crippen LogP contribution in [0.15, 0.2) is 110 Å². The molecule has 9 nitrogen and oxygen atoms in total. The van der Waals surface area contributed by atoms with Crippen molar-refractivity contribution in [1.82, 2.24) is 39.5 Å². The van der Waals surface area contributed by atoms with Crippen molar-refractivity contribution in [1.29, 1.82) is 0 Å². The molecule has 1 atom stereocenters. The van der Waals surface area contributed by atoms with Gasteiger partial charge in [0.1, 0.15) is 22.6 Å². The first-order valence-electron chi connectivity index (χ1n) is 15.7. The normalized spacial score (nSPS) is 11.9. The summed E-state index contributed by atoms with van der Waals surface area (Å²) >= 11 is 6.61. The van der Waals surface area contributed by atoms with E-state index in [0.29, 0.717) is 5.15 Å². The molecule has 8 rings (SSSR count). The fourth-order valence-electron chi connectivity index (χ4n) is 6.27. The van der Waals surface area contributed by atoms with Crippen molar-refractivity contribution in [2.45, 2.75) is 33.3 Å². The minimum absolute atomic E-state index is 0.199. The summed E-state index contributed by atoms with van der Waals surface area (Å²) in [7, 11) is 1.73. The highest BCUT2D eigenvalue weighted by molar-refractivity contribution is 6.30. The molecule has 2 N–H and O–H groups in total. The van der Waals surface area contributed by atoms with Crippen LogP contribution < -0.4 is 0 Å². The van der Waals surface area contributed by atoms with Crippen LogP contribution in [0.4, 0.5) is 0 Å². The monoisotopic (exact) mass is 654 g/mol. The highest BCUT2D eigenvalue weighted by atomic mass is 35.5. The molecule has 10 heteroatoms. The van der Waals surface area contributed by atoms with Crippen molar-refractivity contribution in [2.24, 2.45) is 0 Å². The van der Waals surface area contributed by atoms with Crippen LogP contribution in [0.2, 0.25) is 5.15 Å². The molecule has 0 aliphatic rings. The van der Waals surface area contributed by atoms with Crippen molar-refractivity contribution in [3.05, 3.63) is 154 Å². The molecule has 0 spiro atoms. The Morgan fingerprint density at radius 3 is 1.96 bits per heavy atom. The third kappa shape index (κ3) is 5.78. The molecule has 1 unspecified atom stereocenters. The number of aromatic nitrogens is 8. The number of pyridine rings is 2. The van der Waals surface area contributed by atoms with Gasteiger partial charge in [-0.15, -0.1) is 0 Å². The third-order valence-corrected chi connectivity index (χ3v) is 9.03. The van der Waals surface area contributed by atoms with E-state index in [1.807, 2.05) is 91.6 Å². The van der Waals surface area contributed by atoms with E-state index < -0.39 is 0 Å². The average molecular weight is 655 g/mol. The molecular formula is C38H35ClN8O. The number of para-hydroxylation sites is 2. The molecule has 48 heavy (non-hydrogen) atoms. The Morgan fingerprint density at radius 2 is 1.29 bits per heavy atom. The smallest absolute Gasteiger partial charge is 0.137 e. The van der Waals surface area contributed by atoms with Crippen molar-refractivity contribution >= 4 is 33.7 Å². The van der Waals surface area contributed by atoms with Crippen molar-refractivity contribution in [3.63, 3.8) is 0 Å². The number of hydrogen-bond donors (Lipinski definition) is 2. The van der Waals surface area contributed by atoms with Crippen LogP contribution in [0.1, 0.15) is 45.4 Å². The molecule has 6 heterocycles. The second-order valence-corrected chi connectivity index (χ2v) is 11.9. The van der Waals surface area contributed by atoms with Gasteiger partial charge in [0.2, 0.25) is 0 Å². The van der Waals surface area contributed by atoms with Crippen molar-refractivity contribution < 1.29 is 4.74 Å². The highest BCUT2D eigenvalue weighted by Gasteiger charge is 2.25. The number of H-pyrrole nitrogens is 2. The Morgan fingerprint density at radius 1 is 0.708 bits per heavy atom. The van der Waals surface area contributed by atoms with Crippen LogP contribution in [0.25, 0.3) is 33.4 Å². The number of hydrogen-bond acceptors (Lipinski definition) is 5. The van der Waals surface area contributed by atoms with Gasteiger partial charge in [-0.2, -0.15) is 10.2 Å². The molecule has 0 radical (unpaired) electrons. The Hall–Kier alpha value is -5.51. The van der Waals surface area contributed by atoms with E-state index in [9.17, 15) is 0 Å². The lowest BCUT2D eigenvalue weighted by Gasteiger charge is -2.16. The summed E-state index contributed by atoms with van der Waals surface area (Å²) in [6, 6.07) is 28.1. The number of nitrogens with zero attached hydrogens (tertiary/aromatic N) is 6. The summed E-state index contributed by atoms with van der Waals surface area (Å²) in [4.78, 5) is 15.1. The number of aryl methyl sites for hydroxylation is 2. The number of ether oxygens (including phenoxy) is 1. The van der Waals surface area contributed by atoms with E-state index >= 15 is 0 Å². The first kappa shape index (κ1) is 31.1. The second kappa shape index (κ2) is 13.3. The van der Waals surface area contributed by atoms with E-state index in [1.54, 1.807) is 24.2 Å². The van der Waals surface area contributed by atoms with E-state index in [-0.39, 0.29) is 6.10 Å². The summed E-state index contributed by atoms with van der Waals surface area (Å²) in [6.07, 6.45) is 8.07. The predicted octanol–water partition coefficient (Wildman–Crippen LogP) is 8.40. The molecule has 0 saturated heterocycles. The number of halogens is 1. The zero-order valence-electron chi connectivity index (χ0n) is 27.1. The van der Waals surface area contributed by atoms with Gasteiger partial charge in [-0.25, -0.2) is 19.3 Å². The van der Waals surface area contributed by atoms with Crippen LogP contribution in [0, 0.1) is 20.8 Å². The predicted molar refractivity (Wildman–Crippen MR) is 190 cm³/mol. The van der Waals surface area contributed by atoms with Crippen LogP contribution in [0.3, 0.4) is 0 Å². The minimum atomic E-state index is -0.199. The number of methoxy groups -OCH3 is 1. The second-order valence-electron chi connectivity index (χ2n) is 11.6. The number of aromatic amines is 2. The zero-order valence-corrected chi connectivity index (χ0v) is 27.9. The average Bonchev–Trinajstić information content (AvgIpc) is 3.88. The number of rotatable bonds is 7. The first-order chi connectivity index (χ1) is 23.4.